The molecule has 0 radical (unpaired) electrons. The number of benzene rings is 1. The Morgan fingerprint density at radius 3 is 2.55 bits per heavy atom. The number of halogens is 1. The summed E-state index contributed by atoms with van der Waals surface area (Å²) in [6.45, 7) is 2.93. The number of carbonyl (C=O) groups is 2. The van der Waals surface area contributed by atoms with Crippen LogP contribution in [0.4, 0.5) is 10.5 Å². The summed E-state index contributed by atoms with van der Waals surface area (Å²) < 4.78 is 5.34. The first-order valence-corrected chi connectivity index (χ1v) is 11.3. The minimum Gasteiger partial charge on any atom is -0.467 e. The van der Waals surface area contributed by atoms with Gasteiger partial charge in [0.1, 0.15) is 5.76 Å². The fourth-order valence-corrected chi connectivity index (χ4v) is 4.81. The summed E-state index contributed by atoms with van der Waals surface area (Å²) in [4.78, 5) is 29.8. The zero-order valence-corrected chi connectivity index (χ0v) is 18.3. The first-order valence-electron chi connectivity index (χ1n) is 11.0. The first kappa shape index (κ1) is 21.7. The van der Waals surface area contributed by atoms with Crippen LogP contribution in [0.2, 0.25) is 5.02 Å². The Bertz CT molecular complexity index is 875. The number of furan rings is 1. The van der Waals surface area contributed by atoms with Gasteiger partial charge in [0.25, 0.3) is 0 Å². The third kappa shape index (κ3) is 5.60. The molecule has 0 spiro atoms. The van der Waals surface area contributed by atoms with Crippen LogP contribution in [0, 0.1) is 5.92 Å². The summed E-state index contributed by atoms with van der Waals surface area (Å²) in [6, 6.07) is 10.5. The van der Waals surface area contributed by atoms with E-state index in [1.807, 2.05) is 24.3 Å². The van der Waals surface area contributed by atoms with Crippen LogP contribution in [0.5, 0.6) is 0 Å². The molecular weight excluding hydrogens is 416 g/mol. The quantitative estimate of drug-likeness (QED) is 0.707. The number of nitrogens with zero attached hydrogens (tertiary/aromatic N) is 2. The van der Waals surface area contributed by atoms with Gasteiger partial charge in [-0.2, -0.15) is 0 Å². The van der Waals surface area contributed by atoms with E-state index in [4.69, 9.17) is 16.0 Å². The van der Waals surface area contributed by atoms with Gasteiger partial charge in [0.2, 0.25) is 5.91 Å². The molecule has 1 aliphatic carbocycles. The molecular formula is C23H29ClN4O3. The van der Waals surface area contributed by atoms with Gasteiger partial charge in [0.15, 0.2) is 0 Å². The van der Waals surface area contributed by atoms with Crippen molar-refractivity contribution in [3.63, 3.8) is 0 Å². The summed E-state index contributed by atoms with van der Waals surface area (Å²) >= 11 is 6.00. The SMILES string of the molecule is O=C(NCc1ccco1)[C@@H](C1CCCC1)N1CCN(C(=O)Nc2cccc(Cl)c2)CC1. The van der Waals surface area contributed by atoms with Crippen molar-refractivity contribution >= 4 is 29.2 Å². The molecule has 4 rings (SSSR count). The van der Waals surface area contributed by atoms with E-state index in [9.17, 15) is 9.59 Å². The molecule has 1 aromatic carbocycles. The Kier molecular flexibility index (Phi) is 7.14. The van der Waals surface area contributed by atoms with E-state index < -0.39 is 0 Å². The predicted octanol–water partition coefficient (Wildman–Crippen LogP) is 3.96. The highest BCUT2D eigenvalue weighted by Crippen LogP contribution is 2.31. The fraction of sp³-hybridized carbons (Fsp3) is 0.478. The van der Waals surface area contributed by atoms with Crippen molar-refractivity contribution in [3.8, 4) is 0 Å². The number of nitrogens with one attached hydrogen (secondary N) is 2. The third-order valence-electron chi connectivity index (χ3n) is 6.20. The number of anilines is 1. The zero-order valence-electron chi connectivity index (χ0n) is 17.6. The molecule has 3 amide bonds. The van der Waals surface area contributed by atoms with Gasteiger partial charge in [0, 0.05) is 36.9 Å². The number of hydrogen-bond acceptors (Lipinski definition) is 4. The Balaban J connectivity index is 1.34. The van der Waals surface area contributed by atoms with Crippen LogP contribution in [0.3, 0.4) is 0 Å². The van der Waals surface area contributed by atoms with E-state index in [2.05, 4.69) is 15.5 Å². The lowest BCUT2D eigenvalue weighted by atomic mass is 9.95. The van der Waals surface area contributed by atoms with Crippen LogP contribution in [-0.4, -0.2) is 54.0 Å². The highest BCUT2D eigenvalue weighted by atomic mass is 35.5. The monoisotopic (exact) mass is 444 g/mol. The van der Waals surface area contributed by atoms with Crippen molar-refractivity contribution in [3.05, 3.63) is 53.4 Å². The van der Waals surface area contributed by atoms with Gasteiger partial charge < -0.3 is 20.0 Å². The van der Waals surface area contributed by atoms with E-state index in [-0.39, 0.29) is 18.0 Å². The summed E-state index contributed by atoms with van der Waals surface area (Å²) in [6.07, 6.45) is 6.12. The van der Waals surface area contributed by atoms with Crippen molar-refractivity contribution < 1.29 is 14.0 Å². The second-order valence-corrected chi connectivity index (χ2v) is 8.69. The second-order valence-electron chi connectivity index (χ2n) is 8.25. The van der Waals surface area contributed by atoms with Gasteiger partial charge >= 0.3 is 6.03 Å². The van der Waals surface area contributed by atoms with E-state index in [1.54, 1.807) is 23.3 Å². The van der Waals surface area contributed by atoms with Crippen LogP contribution in [0.1, 0.15) is 31.4 Å². The van der Waals surface area contributed by atoms with E-state index >= 15 is 0 Å². The summed E-state index contributed by atoms with van der Waals surface area (Å²) in [7, 11) is 0. The van der Waals surface area contributed by atoms with Gasteiger partial charge in [0.05, 0.1) is 18.8 Å². The molecule has 2 fully saturated rings. The van der Waals surface area contributed by atoms with E-state index in [1.165, 1.54) is 12.8 Å². The van der Waals surface area contributed by atoms with Crippen molar-refractivity contribution in [2.24, 2.45) is 5.92 Å². The lowest BCUT2D eigenvalue weighted by molar-refractivity contribution is -0.129. The number of hydrogen-bond donors (Lipinski definition) is 2. The minimum absolute atomic E-state index is 0.0557. The lowest BCUT2D eigenvalue weighted by Gasteiger charge is -2.40. The molecule has 1 saturated carbocycles. The molecule has 1 aliphatic heterocycles. The highest BCUT2D eigenvalue weighted by Gasteiger charge is 2.37. The standard InChI is InChI=1S/C23H29ClN4O3/c24-18-7-3-8-19(15-18)26-23(30)28-12-10-27(11-13-28)21(17-5-1-2-6-17)22(29)25-16-20-9-4-14-31-20/h3-4,7-9,14-15,17,21H,1-2,5-6,10-13,16H2,(H,25,29)(H,26,30)/t21-/m1/s1. The Labute approximate surface area is 187 Å². The molecule has 2 aromatic rings. The van der Waals surface area contributed by atoms with Crippen LogP contribution in [0.15, 0.2) is 47.1 Å². The second kappa shape index (κ2) is 10.2. The van der Waals surface area contributed by atoms with Crippen LogP contribution >= 0.6 is 11.6 Å². The predicted molar refractivity (Wildman–Crippen MR) is 120 cm³/mol. The van der Waals surface area contributed by atoms with Gasteiger partial charge in [-0.15, -0.1) is 0 Å². The number of carbonyl (C=O) groups excluding carboxylic acids is 2. The Morgan fingerprint density at radius 1 is 1.10 bits per heavy atom. The molecule has 1 atom stereocenters. The van der Waals surface area contributed by atoms with Gasteiger partial charge in [-0.1, -0.05) is 30.5 Å². The topological polar surface area (TPSA) is 77.8 Å². The molecule has 0 unspecified atom stereocenters. The maximum Gasteiger partial charge on any atom is 0.321 e. The molecule has 8 heteroatoms. The van der Waals surface area contributed by atoms with Crippen LogP contribution in [-0.2, 0) is 11.3 Å². The maximum absolute atomic E-state index is 13.1. The van der Waals surface area contributed by atoms with Crippen LogP contribution in [0.25, 0.3) is 0 Å². The molecule has 7 nitrogen and oxygen atoms in total. The molecule has 31 heavy (non-hydrogen) atoms. The highest BCUT2D eigenvalue weighted by molar-refractivity contribution is 6.30. The number of urea groups is 1. The summed E-state index contributed by atoms with van der Waals surface area (Å²) in [5.41, 5.74) is 0.682. The minimum atomic E-state index is -0.157. The summed E-state index contributed by atoms with van der Waals surface area (Å²) in [5.74, 6) is 1.17. The zero-order chi connectivity index (χ0) is 21.6. The third-order valence-corrected chi connectivity index (χ3v) is 6.44. The fourth-order valence-electron chi connectivity index (χ4n) is 4.62. The molecule has 1 aromatic heterocycles. The average molecular weight is 445 g/mol. The van der Waals surface area contributed by atoms with Gasteiger partial charge in [-0.3, -0.25) is 9.69 Å². The molecule has 0 bridgehead atoms. The number of piperazine rings is 1. The maximum atomic E-state index is 13.1. The molecule has 2 heterocycles. The van der Waals surface area contributed by atoms with Gasteiger partial charge in [-0.05, 0) is 49.1 Å². The number of amides is 3. The normalized spacial score (nSPS) is 18.7. The number of rotatable bonds is 6. The largest absolute Gasteiger partial charge is 0.467 e. The smallest absolute Gasteiger partial charge is 0.321 e. The lowest BCUT2D eigenvalue weighted by Crippen LogP contribution is -2.58. The average Bonchev–Trinajstić information content (AvgIpc) is 3.47. The van der Waals surface area contributed by atoms with Crippen molar-refractivity contribution in [1.29, 1.82) is 0 Å². The Morgan fingerprint density at radius 2 is 1.87 bits per heavy atom. The molecule has 166 valence electrons. The molecule has 2 N–H and O–H groups in total. The van der Waals surface area contributed by atoms with Crippen molar-refractivity contribution in [2.75, 3.05) is 31.5 Å². The van der Waals surface area contributed by atoms with Crippen molar-refractivity contribution in [1.82, 2.24) is 15.1 Å². The van der Waals surface area contributed by atoms with Crippen LogP contribution < -0.4 is 10.6 Å². The summed E-state index contributed by atoms with van der Waals surface area (Å²) in [5, 5.41) is 6.54. The van der Waals surface area contributed by atoms with Crippen molar-refractivity contribution in [2.45, 2.75) is 38.3 Å². The van der Waals surface area contributed by atoms with Gasteiger partial charge in [-0.25, -0.2) is 4.79 Å². The molecule has 2 aliphatic rings. The van der Waals surface area contributed by atoms with E-state index in [0.717, 1.165) is 18.6 Å². The Hall–Kier alpha value is -2.51. The molecule has 1 saturated heterocycles. The van der Waals surface area contributed by atoms with E-state index in [0.29, 0.717) is 49.4 Å². The first-order chi connectivity index (χ1) is 15.1.